The van der Waals surface area contributed by atoms with Crippen molar-refractivity contribution in [3.63, 3.8) is 0 Å². The fourth-order valence-corrected chi connectivity index (χ4v) is 2.26. The Morgan fingerprint density at radius 2 is 2.04 bits per heavy atom. The maximum Gasteiger partial charge on any atom is 0.251 e. The largest absolute Gasteiger partial charge is 0.494 e. The van der Waals surface area contributed by atoms with Gasteiger partial charge in [-0.3, -0.25) is 4.79 Å². The molecular weight excluding hydrogens is 325 g/mol. The highest BCUT2D eigenvalue weighted by molar-refractivity contribution is 5.94. The number of hydrogen-bond acceptors (Lipinski definition) is 5. The van der Waals surface area contributed by atoms with Gasteiger partial charge in [0.25, 0.3) is 5.91 Å². The fraction of sp³-hybridized carbons (Fsp3) is 0.176. The van der Waals surface area contributed by atoms with Crippen molar-refractivity contribution in [2.24, 2.45) is 0 Å². The average molecular weight is 341 g/mol. The third-order valence-corrected chi connectivity index (χ3v) is 3.42. The molecule has 7 nitrogen and oxygen atoms in total. The summed E-state index contributed by atoms with van der Waals surface area (Å²) in [6, 6.07) is 12.7. The van der Waals surface area contributed by atoms with Gasteiger partial charge in [-0.15, -0.1) is 5.10 Å². The van der Waals surface area contributed by atoms with Crippen LogP contribution in [0.15, 0.2) is 48.5 Å². The molecule has 0 saturated heterocycles. The van der Waals surface area contributed by atoms with Crippen LogP contribution in [0.1, 0.15) is 23.1 Å². The number of carbonyl (C=O) groups is 1. The number of aromatic nitrogens is 4. The molecule has 0 saturated carbocycles. The number of nitrogens with one attached hydrogen (secondary N) is 1. The van der Waals surface area contributed by atoms with Gasteiger partial charge >= 0.3 is 0 Å². The zero-order valence-corrected chi connectivity index (χ0v) is 13.5. The minimum Gasteiger partial charge on any atom is -0.494 e. The molecule has 25 heavy (non-hydrogen) atoms. The van der Waals surface area contributed by atoms with E-state index in [1.807, 2.05) is 31.2 Å². The standard InChI is InChI=1S/C17H16FN5O2/c1-2-25-15-8-6-14(7-9-15)23-16(20-21-22-23)11-19-17(24)12-4-3-5-13(18)10-12/h3-10H,2,11H2,1H3,(H,19,24). The number of rotatable bonds is 6. The number of ether oxygens (including phenoxy) is 1. The van der Waals surface area contributed by atoms with Crippen molar-refractivity contribution < 1.29 is 13.9 Å². The zero-order valence-electron chi connectivity index (χ0n) is 13.5. The van der Waals surface area contributed by atoms with Crippen LogP contribution < -0.4 is 10.1 Å². The van der Waals surface area contributed by atoms with Gasteiger partial charge in [0.05, 0.1) is 18.8 Å². The lowest BCUT2D eigenvalue weighted by Crippen LogP contribution is -2.24. The summed E-state index contributed by atoms with van der Waals surface area (Å²) in [6.07, 6.45) is 0. The van der Waals surface area contributed by atoms with E-state index in [-0.39, 0.29) is 12.1 Å². The van der Waals surface area contributed by atoms with Crippen LogP contribution in [0.3, 0.4) is 0 Å². The Bertz CT molecular complexity index is 863. The molecule has 0 atom stereocenters. The minimum atomic E-state index is -0.466. The highest BCUT2D eigenvalue weighted by atomic mass is 19.1. The van der Waals surface area contributed by atoms with E-state index in [0.29, 0.717) is 12.4 Å². The highest BCUT2D eigenvalue weighted by Crippen LogP contribution is 2.15. The van der Waals surface area contributed by atoms with E-state index in [2.05, 4.69) is 20.8 Å². The summed E-state index contributed by atoms with van der Waals surface area (Å²) in [7, 11) is 0. The van der Waals surface area contributed by atoms with Gasteiger partial charge in [-0.1, -0.05) is 6.07 Å². The van der Waals surface area contributed by atoms with Crippen LogP contribution in [0.2, 0.25) is 0 Å². The van der Waals surface area contributed by atoms with Gasteiger partial charge in [-0.25, -0.2) is 4.39 Å². The van der Waals surface area contributed by atoms with Crippen molar-refractivity contribution in [2.45, 2.75) is 13.5 Å². The predicted octanol–water partition coefficient (Wildman–Crippen LogP) is 2.13. The first-order chi connectivity index (χ1) is 12.2. The Labute approximate surface area is 143 Å². The van der Waals surface area contributed by atoms with E-state index in [0.717, 1.165) is 11.4 Å². The van der Waals surface area contributed by atoms with E-state index in [9.17, 15) is 9.18 Å². The van der Waals surface area contributed by atoms with Crippen molar-refractivity contribution in [3.05, 3.63) is 65.7 Å². The third kappa shape index (κ3) is 3.97. The van der Waals surface area contributed by atoms with E-state index >= 15 is 0 Å². The molecule has 0 unspecified atom stereocenters. The molecule has 8 heteroatoms. The maximum atomic E-state index is 13.2. The Morgan fingerprint density at radius 3 is 2.76 bits per heavy atom. The molecule has 0 fully saturated rings. The van der Waals surface area contributed by atoms with Gasteiger partial charge in [0.2, 0.25) is 0 Å². The summed E-state index contributed by atoms with van der Waals surface area (Å²) >= 11 is 0. The number of hydrogen-bond donors (Lipinski definition) is 1. The summed E-state index contributed by atoms with van der Waals surface area (Å²) < 4.78 is 20.1. The Morgan fingerprint density at radius 1 is 1.24 bits per heavy atom. The second kappa shape index (κ2) is 7.52. The molecule has 1 heterocycles. The van der Waals surface area contributed by atoms with E-state index in [4.69, 9.17) is 4.74 Å². The molecule has 0 aliphatic carbocycles. The Balaban J connectivity index is 1.70. The molecule has 2 aromatic carbocycles. The molecule has 0 spiro atoms. The van der Waals surface area contributed by atoms with E-state index in [1.54, 1.807) is 0 Å². The van der Waals surface area contributed by atoms with Crippen LogP contribution in [0, 0.1) is 5.82 Å². The van der Waals surface area contributed by atoms with Crippen molar-refractivity contribution in [1.29, 1.82) is 0 Å². The van der Waals surface area contributed by atoms with Crippen molar-refractivity contribution in [1.82, 2.24) is 25.5 Å². The summed E-state index contributed by atoms with van der Waals surface area (Å²) in [5.41, 5.74) is 0.976. The number of amides is 1. The first-order valence-corrected chi connectivity index (χ1v) is 7.71. The van der Waals surface area contributed by atoms with E-state index in [1.165, 1.54) is 28.9 Å². The predicted molar refractivity (Wildman–Crippen MR) is 87.9 cm³/mol. The molecule has 0 aliphatic rings. The molecule has 3 rings (SSSR count). The fourth-order valence-electron chi connectivity index (χ4n) is 2.26. The molecule has 1 aromatic heterocycles. The summed E-state index contributed by atoms with van der Waals surface area (Å²) in [4.78, 5) is 12.1. The molecule has 0 bridgehead atoms. The summed E-state index contributed by atoms with van der Waals surface area (Å²) in [6.45, 7) is 2.60. The van der Waals surface area contributed by atoms with E-state index < -0.39 is 11.7 Å². The number of nitrogens with zero attached hydrogens (tertiary/aromatic N) is 4. The second-order valence-electron chi connectivity index (χ2n) is 5.13. The first-order valence-electron chi connectivity index (χ1n) is 7.71. The Kier molecular flexibility index (Phi) is 4.98. The topological polar surface area (TPSA) is 81.9 Å². The molecule has 0 aliphatic heterocycles. The molecular formula is C17H16FN5O2. The molecule has 0 radical (unpaired) electrons. The normalized spacial score (nSPS) is 10.5. The first kappa shape index (κ1) is 16.6. The maximum absolute atomic E-state index is 13.2. The number of tetrazole rings is 1. The molecule has 1 N–H and O–H groups in total. The lowest BCUT2D eigenvalue weighted by molar-refractivity contribution is 0.0949. The van der Waals surface area contributed by atoms with Crippen molar-refractivity contribution in [2.75, 3.05) is 6.61 Å². The van der Waals surface area contributed by atoms with Crippen LogP contribution in [-0.2, 0) is 6.54 Å². The van der Waals surface area contributed by atoms with Crippen molar-refractivity contribution in [3.8, 4) is 11.4 Å². The quantitative estimate of drug-likeness (QED) is 0.743. The van der Waals surface area contributed by atoms with Gasteiger partial charge in [0, 0.05) is 5.56 Å². The SMILES string of the molecule is CCOc1ccc(-n2nnnc2CNC(=O)c2cccc(F)c2)cc1. The molecule has 128 valence electrons. The summed E-state index contributed by atoms with van der Waals surface area (Å²) in [5.74, 6) is 0.335. The number of carbonyl (C=O) groups excluding carboxylic acids is 1. The molecule has 3 aromatic rings. The summed E-state index contributed by atoms with van der Waals surface area (Å²) in [5, 5.41) is 14.2. The van der Waals surface area contributed by atoms with Crippen LogP contribution in [0.25, 0.3) is 5.69 Å². The lowest BCUT2D eigenvalue weighted by atomic mass is 10.2. The Hall–Kier alpha value is -3.29. The number of halogens is 1. The smallest absolute Gasteiger partial charge is 0.251 e. The zero-order chi connectivity index (χ0) is 17.6. The number of benzene rings is 2. The van der Waals surface area contributed by atoms with Gasteiger partial charge in [0.1, 0.15) is 11.6 Å². The minimum absolute atomic E-state index is 0.107. The van der Waals surface area contributed by atoms with Crippen molar-refractivity contribution >= 4 is 5.91 Å². The van der Waals surface area contributed by atoms with Crippen LogP contribution in [0.4, 0.5) is 4.39 Å². The van der Waals surface area contributed by atoms with Crippen LogP contribution >= 0.6 is 0 Å². The second-order valence-corrected chi connectivity index (χ2v) is 5.13. The van der Waals surface area contributed by atoms with Gasteiger partial charge in [0.15, 0.2) is 5.82 Å². The lowest BCUT2D eigenvalue weighted by Gasteiger charge is -2.08. The van der Waals surface area contributed by atoms with Gasteiger partial charge in [-0.05, 0) is 59.8 Å². The van der Waals surface area contributed by atoms with Gasteiger partial charge < -0.3 is 10.1 Å². The molecule has 1 amide bonds. The van der Waals surface area contributed by atoms with Gasteiger partial charge in [-0.2, -0.15) is 4.68 Å². The van der Waals surface area contributed by atoms with Crippen LogP contribution in [0.5, 0.6) is 5.75 Å². The third-order valence-electron chi connectivity index (χ3n) is 3.42. The van der Waals surface area contributed by atoms with Crippen LogP contribution in [-0.4, -0.2) is 32.7 Å². The average Bonchev–Trinajstić information content (AvgIpc) is 3.09. The highest BCUT2D eigenvalue weighted by Gasteiger charge is 2.11. The monoisotopic (exact) mass is 341 g/mol.